The standard InChI is InChI=1S/C15H17NO2/c1-15(2,3)14(17)10-12-9-8-11-6-4-5-7-13(11)16(12)18/h4-9H,10H2,1-3H3. The van der Waals surface area contributed by atoms with Crippen LogP contribution in [0.3, 0.4) is 0 Å². The lowest BCUT2D eigenvalue weighted by Crippen LogP contribution is -2.36. The van der Waals surface area contributed by atoms with E-state index in [1.807, 2.05) is 45.0 Å². The summed E-state index contributed by atoms with van der Waals surface area (Å²) in [7, 11) is 0. The maximum atomic E-state index is 12.2. The molecule has 1 aromatic heterocycles. The summed E-state index contributed by atoms with van der Waals surface area (Å²) in [5, 5.41) is 13.0. The van der Waals surface area contributed by atoms with Gasteiger partial charge in [0.1, 0.15) is 5.78 Å². The van der Waals surface area contributed by atoms with Gasteiger partial charge in [0.25, 0.3) is 0 Å². The van der Waals surface area contributed by atoms with Crippen LogP contribution in [0.1, 0.15) is 26.5 Å². The topological polar surface area (TPSA) is 44.0 Å². The van der Waals surface area contributed by atoms with Gasteiger partial charge in [-0.05, 0) is 12.1 Å². The molecule has 0 spiro atoms. The highest BCUT2D eigenvalue weighted by molar-refractivity contribution is 5.85. The number of fused-ring (bicyclic) bond motifs is 1. The van der Waals surface area contributed by atoms with E-state index in [-0.39, 0.29) is 12.2 Å². The average molecular weight is 243 g/mol. The summed E-state index contributed by atoms with van der Waals surface area (Å²) in [6, 6.07) is 11.0. The van der Waals surface area contributed by atoms with Crippen molar-refractivity contribution < 1.29 is 9.52 Å². The number of benzene rings is 1. The van der Waals surface area contributed by atoms with Gasteiger partial charge >= 0.3 is 0 Å². The Morgan fingerprint density at radius 2 is 1.83 bits per heavy atom. The number of hydrogen-bond donors (Lipinski definition) is 0. The summed E-state index contributed by atoms with van der Waals surface area (Å²) in [4.78, 5) is 12.0. The van der Waals surface area contributed by atoms with Crippen molar-refractivity contribution in [1.29, 1.82) is 0 Å². The van der Waals surface area contributed by atoms with Crippen LogP contribution >= 0.6 is 0 Å². The SMILES string of the molecule is CC(C)(C)C(=O)Cc1ccc2ccccc2[n+]1[O-]. The fourth-order valence-electron chi connectivity index (χ4n) is 1.78. The third-order valence-corrected chi connectivity index (χ3v) is 3.05. The van der Waals surface area contributed by atoms with Crippen molar-refractivity contribution in [2.24, 2.45) is 5.41 Å². The van der Waals surface area contributed by atoms with E-state index in [2.05, 4.69) is 0 Å². The van der Waals surface area contributed by atoms with Crippen molar-refractivity contribution in [3.8, 4) is 0 Å². The molecule has 0 bridgehead atoms. The molecule has 0 radical (unpaired) electrons. The van der Waals surface area contributed by atoms with E-state index in [1.165, 1.54) is 0 Å². The van der Waals surface area contributed by atoms with Crippen molar-refractivity contribution in [3.63, 3.8) is 0 Å². The van der Waals surface area contributed by atoms with Crippen LogP contribution in [0.25, 0.3) is 10.9 Å². The van der Waals surface area contributed by atoms with E-state index < -0.39 is 5.41 Å². The molecule has 2 aromatic rings. The first kappa shape index (κ1) is 12.6. The minimum absolute atomic E-state index is 0.0716. The summed E-state index contributed by atoms with van der Waals surface area (Å²) in [5.41, 5.74) is 0.698. The first-order chi connectivity index (χ1) is 8.39. The molecular weight excluding hydrogens is 226 g/mol. The number of Topliss-reactive ketones (excluding diaryl/α,β-unsaturated/α-hetero) is 1. The second kappa shape index (κ2) is 4.41. The van der Waals surface area contributed by atoms with Crippen molar-refractivity contribution in [3.05, 3.63) is 47.3 Å². The maximum Gasteiger partial charge on any atom is 0.223 e. The minimum Gasteiger partial charge on any atom is -0.618 e. The lowest BCUT2D eigenvalue weighted by atomic mass is 9.88. The molecule has 1 aromatic carbocycles. The summed E-state index contributed by atoms with van der Waals surface area (Å²) < 4.78 is 0.860. The number of pyridine rings is 1. The van der Waals surface area contributed by atoms with E-state index in [0.717, 1.165) is 10.1 Å². The van der Waals surface area contributed by atoms with Gasteiger partial charge in [-0.15, -0.1) is 0 Å². The fraction of sp³-hybridized carbons (Fsp3) is 0.333. The Hall–Kier alpha value is -1.90. The molecule has 0 atom stereocenters. The average Bonchev–Trinajstić information content (AvgIpc) is 2.32. The zero-order valence-corrected chi connectivity index (χ0v) is 10.9. The third kappa shape index (κ3) is 2.35. The predicted octanol–water partition coefficient (Wildman–Crippen LogP) is 2.63. The summed E-state index contributed by atoms with van der Waals surface area (Å²) in [6.07, 6.45) is 0.178. The highest BCUT2D eigenvalue weighted by Gasteiger charge is 2.24. The molecule has 3 nitrogen and oxygen atoms in total. The van der Waals surface area contributed by atoms with Gasteiger partial charge in [0.2, 0.25) is 11.2 Å². The van der Waals surface area contributed by atoms with Gasteiger partial charge in [-0.1, -0.05) is 32.9 Å². The fourth-order valence-corrected chi connectivity index (χ4v) is 1.78. The highest BCUT2D eigenvalue weighted by Crippen LogP contribution is 2.18. The van der Waals surface area contributed by atoms with Gasteiger partial charge in [-0.2, -0.15) is 4.73 Å². The van der Waals surface area contributed by atoms with Crippen molar-refractivity contribution >= 4 is 16.7 Å². The molecule has 18 heavy (non-hydrogen) atoms. The number of ketones is 1. The van der Waals surface area contributed by atoms with Crippen molar-refractivity contribution in [2.45, 2.75) is 27.2 Å². The van der Waals surface area contributed by atoms with Crippen LogP contribution < -0.4 is 4.73 Å². The largest absolute Gasteiger partial charge is 0.618 e. The molecule has 2 rings (SSSR count). The van der Waals surface area contributed by atoms with Crippen molar-refractivity contribution in [1.82, 2.24) is 0 Å². The molecule has 3 heteroatoms. The Kier molecular flexibility index (Phi) is 3.07. The van der Waals surface area contributed by atoms with E-state index in [0.29, 0.717) is 11.2 Å². The molecule has 0 saturated heterocycles. The number of hydrogen-bond acceptors (Lipinski definition) is 2. The Morgan fingerprint density at radius 1 is 1.17 bits per heavy atom. The van der Waals surface area contributed by atoms with Crippen molar-refractivity contribution in [2.75, 3.05) is 0 Å². The monoisotopic (exact) mass is 243 g/mol. The van der Waals surface area contributed by atoms with Crippen LogP contribution in [0.4, 0.5) is 0 Å². The molecule has 0 saturated carbocycles. The maximum absolute atomic E-state index is 12.2. The van der Waals surface area contributed by atoms with Gasteiger partial charge in [0.15, 0.2) is 0 Å². The van der Waals surface area contributed by atoms with Gasteiger partial charge in [0.05, 0.1) is 6.42 Å². The number of aromatic nitrogens is 1. The first-order valence-electron chi connectivity index (χ1n) is 6.03. The summed E-state index contributed by atoms with van der Waals surface area (Å²) in [5.74, 6) is 0.0716. The van der Waals surface area contributed by atoms with E-state index >= 15 is 0 Å². The smallest absolute Gasteiger partial charge is 0.223 e. The Balaban J connectivity index is 2.41. The summed E-state index contributed by atoms with van der Waals surface area (Å²) in [6.45, 7) is 5.60. The number of nitrogens with zero attached hydrogens (tertiary/aromatic N) is 1. The number of carbonyl (C=O) groups is 1. The van der Waals surface area contributed by atoms with Crippen LogP contribution in [-0.4, -0.2) is 5.78 Å². The Labute approximate surface area is 107 Å². The number of rotatable bonds is 2. The van der Waals surface area contributed by atoms with Gasteiger partial charge in [-0.25, -0.2) is 0 Å². The Morgan fingerprint density at radius 3 is 2.50 bits per heavy atom. The molecule has 1 heterocycles. The minimum atomic E-state index is -0.418. The quantitative estimate of drug-likeness (QED) is 0.601. The zero-order valence-electron chi connectivity index (χ0n) is 10.9. The van der Waals surface area contributed by atoms with Crippen LogP contribution in [0.15, 0.2) is 36.4 Å². The predicted molar refractivity (Wildman–Crippen MR) is 71.1 cm³/mol. The van der Waals surface area contributed by atoms with E-state index in [9.17, 15) is 10.0 Å². The molecule has 0 fully saturated rings. The van der Waals surface area contributed by atoms with Gasteiger partial charge in [0, 0.05) is 22.9 Å². The zero-order chi connectivity index (χ0) is 13.3. The third-order valence-electron chi connectivity index (χ3n) is 3.05. The van der Waals surface area contributed by atoms with Crippen LogP contribution in [0.2, 0.25) is 0 Å². The molecule has 0 aliphatic rings. The van der Waals surface area contributed by atoms with E-state index in [1.54, 1.807) is 12.1 Å². The lowest BCUT2D eigenvalue weighted by molar-refractivity contribution is -0.585. The molecule has 0 aliphatic heterocycles. The summed E-state index contributed by atoms with van der Waals surface area (Å²) >= 11 is 0. The Bertz CT molecular complexity index is 597. The van der Waals surface area contributed by atoms with Crippen LogP contribution in [0, 0.1) is 10.6 Å². The lowest BCUT2D eigenvalue weighted by Gasteiger charge is -2.16. The first-order valence-corrected chi connectivity index (χ1v) is 6.03. The number of carbonyl (C=O) groups excluding carboxylic acids is 1. The molecular formula is C15H17NO2. The van der Waals surface area contributed by atoms with E-state index in [4.69, 9.17) is 0 Å². The molecule has 0 N–H and O–H groups in total. The molecule has 0 unspecified atom stereocenters. The highest BCUT2D eigenvalue weighted by atomic mass is 16.5. The molecule has 0 amide bonds. The van der Waals surface area contributed by atoms with Gasteiger partial charge in [-0.3, -0.25) is 4.79 Å². The molecule has 0 aliphatic carbocycles. The molecule has 94 valence electrons. The van der Waals surface area contributed by atoms with Crippen LogP contribution in [-0.2, 0) is 11.2 Å². The number of para-hydroxylation sites is 1. The second-order valence-corrected chi connectivity index (χ2v) is 5.53. The normalized spacial score (nSPS) is 11.7. The second-order valence-electron chi connectivity index (χ2n) is 5.53. The van der Waals surface area contributed by atoms with Crippen LogP contribution in [0.5, 0.6) is 0 Å². The van der Waals surface area contributed by atoms with Gasteiger partial charge < -0.3 is 5.21 Å².